The number of carbonyl (C=O) groups excluding carboxylic acids is 1. The predicted molar refractivity (Wildman–Crippen MR) is 61.8 cm³/mol. The molecule has 2 N–H and O–H groups in total. The van der Waals surface area contributed by atoms with Crippen molar-refractivity contribution in [3.8, 4) is 0 Å². The first-order valence-corrected chi connectivity index (χ1v) is 5.65. The topological polar surface area (TPSA) is 54.0 Å². The van der Waals surface area contributed by atoms with Gasteiger partial charge in [-0.15, -0.1) is 0 Å². The molecule has 0 spiro atoms. The maximum atomic E-state index is 11.7. The lowest BCUT2D eigenvalue weighted by Gasteiger charge is -2.27. The standard InChI is InChI=1S/C12H17N3O/c1-9(11-2-4-13-5-3-11)15-12(16)6-10-7-14-8-10/h2-5,9-10,14H,6-8H2,1H3,(H,15,16)/t9-/m1/s1. The van der Waals surface area contributed by atoms with Crippen LogP contribution < -0.4 is 10.6 Å². The quantitative estimate of drug-likeness (QED) is 0.790. The second-order valence-corrected chi connectivity index (χ2v) is 4.30. The molecule has 1 aliphatic heterocycles. The fourth-order valence-electron chi connectivity index (χ4n) is 1.79. The van der Waals surface area contributed by atoms with Crippen molar-refractivity contribution < 1.29 is 4.79 Å². The molecule has 1 aliphatic rings. The average molecular weight is 219 g/mol. The fourth-order valence-corrected chi connectivity index (χ4v) is 1.79. The molecular formula is C12H17N3O. The van der Waals surface area contributed by atoms with Crippen molar-refractivity contribution in [2.75, 3.05) is 13.1 Å². The molecule has 1 aromatic rings. The van der Waals surface area contributed by atoms with Crippen LogP contribution in [0.2, 0.25) is 0 Å². The summed E-state index contributed by atoms with van der Waals surface area (Å²) in [5.41, 5.74) is 1.09. The highest BCUT2D eigenvalue weighted by molar-refractivity contribution is 5.76. The van der Waals surface area contributed by atoms with Gasteiger partial charge >= 0.3 is 0 Å². The zero-order chi connectivity index (χ0) is 11.4. The molecule has 0 unspecified atom stereocenters. The van der Waals surface area contributed by atoms with Crippen LogP contribution in [0.15, 0.2) is 24.5 Å². The molecule has 1 aromatic heterocycles. The van der Waals surface area contributed by atoms with E-state index in [2.05, 4.69) is 15.6 Å². The third-order valence-corrected chi connectivity index (χ3v) is 2.92. The highest BCUT2D eigenvalue weighted by atomic mass is 16.1. The number of carbonyl (C=O) groups is 1. The number of hydrogen-bond donors (Lipinski definition) is 2. The van der Waals surface area contributed by atoms with Gasteiger partial charge in [0.05, 0.1) is 6.04 Å². The molecule has 1 saturated heterocycles. The molecule has 1 amide bonds. The summed E-state index contributed by atoms with van der Waals surface area (Å²) in [5.74, 6) is 0.653. The van der Waals surface area contributed by atoms with Gasteiger partial charge in [0.15, 0.2) is 0 Å². The Labute approximate surface area is 95.5 Å². The molecule has 1 fully saturated rings. The minimum absolute atomic E-state index is 0.0588. The molecule has 86 valence electrons. The first-order valence-electron chi connectivity index (χ1n) is 5.65. The van der Waals surface area contributed by atoms with Crippen LogP contribution in [0.25, 0.3) is 0 Å². The molecule has 2 rings (SSSR count). The van der Waals surface area contributed by atoms with Gasteiger partial charge in [-0.3, -0.25) is 9.78 Å². The lowest BCUT2D eigenvalue weighted by molar-refractivity contribution is -0.123. The van der Waals surface area contributed by atoms with Crippen LogP contribution in [0, 0.1) is 5.92 Å². The SMILES string of the molecule is C[C@@H](NC(=O)CC1CNC1)c1ccncc1. The van der Waals surface area contributed by atoms with Crippen LogP contribution in [0.1, 0.15) is 24.9 Å². The lowest BCUT2D eigenvalue weighted by Crippen LogP contribution is -2.44. The molecule has 16 heavy (non-hydrogen) atoms. The van der Waals surface area contributed by atoms with Crippen molar-refractivity contribution in [3.63, 3.8) is 0 Å². The van der Waals surface area contributed by atoms with E-state index in [4.69, 9.17) is 0 Å². The summed E-state index contributed by atoms with van der Waals surface area (Å²) in [6.07, 6.45) is 4.12. The second kappa shape index (κ2) is 5.07. The van der Waals surface area contributed by atoms with Gasteiger partial charge in [-0.2, -0.15) is 0 Å². The van der Waals surface area contributed by atoms with Crippen LogP contribution in [-0.2, 0) is 4.79 Å². The van der Waals surface area contributed by atoms with E-state index in [9.17, 15) is 4.79 Å². The van der Waals surface area contributed by atoms with Gasteiger partial charge in [-0.1, -0.05) is 0 Å². The summed E-state index contributed by atoms with van der Waals surface area (Å²) in [6.45, 7) is 3.93. The number of aromatic nitrogens is 1. The molecule has 0 radical (unpaired) electrons. The van der Waals surface area contributed by atoms with Gasteiger partial charge in [-0.05, 0) is 43.6 Å². The maximum Gasteiger partial charge on any atom is 0.220 e. The van der Waals surface area contributed by atoms with Crippen molar-refractivity contribution in [3.05, 3.63) is 30.1 Å². The summed E-state index contributed by atoms with van der Waals surface area (Å²) in [5, 5.41) is 6.16. The minimum atomic E-state index is 0.0588. The van der Waals surface area contributed by atoms with E-state index in [0.29, 0.717) is 12.3 Å². The Morgan fingerprint density at radius 2 is 2.25 bits per heavy atom. The summed E-state index contributed by atoms with van der Waals surface area (Å²) in [6, 6.07) is 3.91. The molecule has 1 atom stereocenters. The molecule has 0 bridgehead atoms. The zero-order valence-corrected chi connectivity index (χ0v) is 9.44. The van der Waals surface area contributed by atoms with Gasteiger partial charge in [0.25, 0.3) is 0 Å². The van der Waals surface area contributed by atoms with Crippen molar-refractivity contribution >= 4 is 5.91 Å². The van der Waals surface area contributed by atoms with Crippen LogP contribution in [-0.4, -0.2) is 24.0 Å². The van der Waals surface area contributed by atoms with Gasteiger partial charge in [0, 0.05) is 18.8 Å². The largest absolute Gasteiger partial charge is 0.350 e. The van der Waals surface area contributed by atoms with Crippen molar-refractivity contribution in [2.24, 2.45) is 5.92 Å². The van der Waals surface area contributed by atoms with E-state index in [-0.39, 0.29) is 11.9 Å². The number of hydrogen-bond acceptors (Lipinski definition) is 3. The monoisotopic (exact) mass is 219 g/mol. The number of nitrogens with zero attached hydrogens (tertiary/aromatic N) is 1. The Bertz CT molecular complexity index is 349. The molecule has 2 heterocycles. The Kier molecular flexibility index (Phi) is 3.51. The fraction of sp³-hybridized carbons (Fsp3) is 0.500. The number of nitrogens with one attached hydrogen (secondary N) is 2. The Morgan fingerprint density at radius 3 is 2.81 bits per heavy atom. The Hall–Kier alpha value is -1.42. The van der Waals surface area contributed by atoms with Gasteiger partial charge in [0.1, 0.15) is 0 Å². The first-order chi connectivity index (χ1) is 7.75. The van der Waals surface area contributed by atoms with Gasteiger partial charge in [0.2, 0.25) is 5.91 Å². The summed E-state index contributed by atoms with van der Waals surface area (Å²) >= 11 is 0. The van der Waals surface area contributed by atoms with Crippen molar-refractivity contribution in [1.82, 2.24) is 15.6 Å². The molecule has 4 heteroatoms. The second-order valence-electron chi connectivity index (χ2n) is 4.30. The lowest BCUT2D eigenvalue weighted by atomic mass is 9.98. The Morgan fingerprint density at radius 1 is 1.56 bits per heavy atom. The molecule has 0 aromatic carbocycles. The van der Waals surface area contributed by atoms with Crippen molar-refractivity contribution in [1.29, 1.82) is 0 Å². The van der Waals surface area contributed by atoms with E-state index < -0.39 is 0 Å². The molecule has 0 saturated carbocycles. The minimum Gasteiger partial charge on any atom is -0.350 e. The normalized spacial score (nSPS) is 17.6. The third kappa shape index (κ3) is 2.79. The van der Waals surface area contributed by atoms with Crippen LogP contribution in [0.5, 0.6) is 0 Å². The van der Waals surface area contributed by atoms with Gasteiger partial charge < -0.3 is 10.6 Å². The predicted octanol–water partition coefficient (Wildman–Crippen LogP) is 0.868. The van der Waals surface area contributed by atoms with E-state index >= 15 is 0 Å². The zero-order valence-electron chi connectivity index (χ0n) is 9.44. The summed E-state index contributed by atoms with van der Waals surface area (Å²) in [7, 11) is 0. The molecular weight excluding hydrogens is 202 g/mol. The van der Waals surface area contributed by atoms with E-state index in [0.717, 1.165) is 18.7 Å². The first kappa shape index (κ1) is 11.1. The average Bonchev–Trinajstić information content (AvgIpc) is 2.25. The van der Waals surface area contributed by atoms with Crippen LogP contribution in [0.4, 0.5) is 0 Å². The highest BCUT2D eigenvalue weighted by Crippen LogP contribution is 2.12. The van der Waals surface area contributed by atoms with Crippen LogP contribution >= 0.6 is 0 Å². The number of pyridine rings is 1. The van der Waals surface area contributed by atoms with E-state index in [1.165, 1.54) is 0 Å². The maximum absolute atomic E-state index is 11.7. The van der Waals surface area contributed by atoms with E-state index in [1.54, 1.807) is 12.4 Å². The van der Waals surface area contributed by atoms with Crippen molar-refractivity contribution in [2.45, 2.75) is 19.4 Å². The smallest absolute Gasteiger partial charge is 0.220 e. The Balaban J connectivity index is 1.82. The highest BCUT2D eigenvalue weighted by Gasteiger charge is 2.20. The third-order valence-electron chi connectivity index (χ3n) is 2.92. The summed E-state index contributed by atoms with van der Waals surface area (Å²) in [4.78, 5) is 15.6. The van der Waals surface area contributed by atoms with Gasteiger partial charge in [-0.25, -0.2) is 0 Å². The van der Waals surface area contributed by atoms with E-state index in [1.807, 2.05) is 19.1 Å². The number of amides is 1. The van der Waals surface area contributed by atoms with Crippen LogP contribution in [0.3, 0.4) is 0 Å². The molecule has 4 nitrogen and oxygen atoms in total. The number of rotatable bonds is 4. The molecule has 0 aliphatic carbocycles. The summed E-state index contributed by atoms with van der Waals surface area (Å²) < 4.78 is 0.